The van der Waals surface area contributed by atoms with Gasteiger partial charge >= 0.3 is 23.0 Å². The van der Waals surface area contributed by atoms with Crippen LogP contribution in [0.5, 0.6) is 0 Å². The lowest BCUT2D eigenvalue weighted by Crippen LogP contribution is -2.13. The average Bonchev–Trinajstić information content (AvgIpc) is 2.20. The molecule has 0 unspecified atom stereocenters. The normalized spacial score (nSPS) is 11.0. The molecule has 1 aromatic rings. The van der Waals surface area contributed by atoms with Crippen molar-refractivity contribution < 1.29 is 23.5 Å². The summed E-state index contributed by atoms with van der Waals surface area (Å²) in [7, 11) is -5.03. The van der Waals surface area contributed by atoms with Gasteiger partial charge in [0.1, 0.15) is 0 Å². The molecule has 74 valence electrons. The number of benzene rings is 1. The van der Waals surface area contributed by atoms with Gasteiger partial charge in [-0.05, 0) is 12.1 Å². The molecule has 0 atom stereocenters. The molecule has 0 aromatic heterocycles. The van der Waals surface area contributed by atoms with E-state index in [1.165, 1.54) is 12.1 Å². The van der Waals surface area contributed by atoms with Gasteiger partial charge < -0.3 is 18.9 Å². The van der Waals surface area contributed by atoms with Gasteiger partial charge in [0.2, 0.25) is 0 Å². The van der Waals surface area contributed by atoms with E-state index in [9.17, 15) is 4.57 Å². The molecule has 0 amide bonds. The summed E-state index contributed by atoms with van der Waals surface area (Å²) in [6, 6.07) is 8.12. The van der Waals surface area contributed by atoms with Crippen LogP contribution in [0.1, 0.15) is 0 Å². The molecule has 0 radical (unpaired) electrons. The van der Waals surface area contributed by atoms with Crippen molar-refractivity contribution in [2.24, 2.45) is 0 Å². The second kappa shape index (κ2) is 5.34. The smallest absolute Gasteiger partial charge is 0.430 e. The van der Waals surface area contributed by atoms with Crippen molar-refractivity contribution in [2.45, 2.75) is 0 Å². The summed E-state index contributed by atoms with van der Waals surface area (Å²) in [6.07, 6.45) is 0. The molecule has 5 nitrogen and oxygen atoms in total. The van der Waals surface area contributed by atoms with Crippen molar-refractivity contribution in [3.63, 3.8) is 0 Å². The van der Waals surface area contributed by atoms with Crippen molar-refractivity contribution in [3.8, 4) is 0 Å². The number of rotatable bonds is 5. The zero-order valence-corrected chi connectivity index (χ0v) is 8.26. The van der Waals surface area contributed by atoms with Gasteiger partial charge in [-0.25, -0.2) is 0 Å². The van der Waals surface area contributed by atoms with Crippen molar-refractivity contribution >= 4 is 28.3 Å². The van der Waals surface area contributed by atoms with E-state index in [1.807, 2.05) is 0 Å². The Labute approximate surface area is 82.8 Å². The van der Waals surface area contributed by atoms with Gasteiger partial charge in [0, 0.05) is 0 Å². The fraction of sp³-hybridized carbons (Fsp3) is 0. The maximum absolute atomic E-state index is 11.9. The van der Waals surface area contributed by atoms with Crippen LogP contribution in [0.4, 0.5) is 0 Å². The van der Waals surface area contributed by atoms with Crippen molar-refractivity contribution in [1.29, 1.82) is 0 Å². The third kappa shape index (κ3) is 2.70. The van der Waals surface area contributed by atoms with Gasteiger partial charge in [-0.15, -0.1) is 0 Å². The summed E-state index contributed by atoms with van der Waals surface area (Å²) in [5.41, 5.74) is 0. The second-order valence-corrected chi connectivity index (χ2v) is 4.38. The molecule has 0 spiro atoms. The first-order valence-electron chi connectivity index (χ1n) is 3.89. The van der Waals surface area contributed by atoms with Gasteiger partial charge in [0.25, 0.3) is 0 Å². The first-order chi connectivity index (χ1) is 6.73. The van der Waals surface area contributed by atoms with Crippen molar-refractivity contribution in [2.75, 3.05) is 0 Å². The molecule has 0 aliphatic heterocycles. The van der Waals surface area contributed by atoms with E-state index in [4.69, 9.17) is 10.0 Å². The lowest BCUT2D eigenvalue weighted by Gasteiger charge is -2.15. The van der Waals surface area contributed by atoms with Crippen molar-refractivity contribution in [1.82, 2.24) is 0 Å². The quantitative estimate of drug-likeness (QED) is 0.488. The third-order valence-corrected chi connectivity index (χ3v) is 3.37. The zero-order chi connectivity index (χ0) is 10.4. The maximum Gasteiger partial charge on any atom is 0.442 e. The highest BCUT2D eigenvalue weighted by molar-refractivity contribution is 7.63. The molecule has 0 aliphatic rings. The SMILES string of the molecule is O=P(OBO)(OBO)c1ccccc1. The highest BCUT2D eigenvalue weighted by Gasteiger charge is 2.26. The second-order valence-electron chi connectivity index (χ2n) is 2.35. The Hall–Kier alpha value is -0.580. The van der Waals surface area contributed by atoms with E-state index in [1.54, 1.807) is 18.2 Å². The Bertz CT molecular complexity index is 309. The molecule has 0 saturated carbocycles. The Morgan fingerprint density at radius 3 is 2.00 bits per heavy atom. The van der Waals surface area contributed by atoms with Crippen LogP contribution < -0.4 is 5.30 Å². The number of hydrogen-bond acceptors (Lipinski definition) is 5. The van der Waals surface area contributed by atoms with E-state index in [-0.39, 0.29) is 0 Å². The predicted octanol–water partition coefficient (Wildman–Crippen LogP) is -0.944. The molecule has 2 N–H and O–H groups in total. The molecule has 14 heavy (non-hydrogen) atoms. The molecule has 0 bridgehead atoms. The largest absolute Gasteiger partial charge is 0.442 e. The minimum Gasteiger partial charge on any atom is -0.430 e. The summed E-state index contributed by atoms with van der Waals surface area (Å²) < 4.78 is 21.0. The number of hydrogen-bond donors (Lipinski definition) is 2. The predicted molar refractivity (Wildman–Crippen MR) is 54.6 cm³/mol. The highest BCUT2D eigenvalue weighted by Crippen LogP contribution is 2.45. The van der Waals surface area contributed by atoms with E-state index < -0.39 is 23.0 Å². The van der Waals surface area contributed by atoms with Gasteiger partial charge in [0.15, 0.2) is 0 Å². The lowest BCUT2D eigenvalue weighted by atomic mass is 10.4. The van der Waals surface area contributed by atoms with Crippen LogP contribution in [-0.4, -0.2) is 25.4 Å². The van der Waals surface area contributed by atoms with Crippen LogP contribution in [0.3, 0.4) is 0 Å². The van der Waals surface area contributed by atoms with Gasteiger partial charge in [0.05, 0.1) is 5.30 Å². The summed E-state index contributed by atoms with van der Waals surface area (Å²) >= 11 is 0. The molecule has 0 saturated heterocycles. The van der Waals surface area contributed by atoms with Gasteiger partial charge in [-0.3, -0.25) is 4.57 Å². The van der Waals surface area contributed by atoms with Crippen LogP contribution in [-0.2, 0) is 13.4 Å². The van der Waals surface area contributed by atoms with E-state index in [2.05, 4.69) is 8.88 Å². The van der Waals surface area contributed by atoms with Crippen LogP contribution in [0.15, 0.2) is 30.3 Å². The van der Waals surface area contributed by atoms with Crippen LogP contribution in [0, 0.1) is 0 Å². The fourth-order valence-electron chi connectivity index (χ4n) is 0.949. The van der Waals surface area contributed by atoms with Gasteiger partial charge in [-0.1, -0.05) is 18.2 Å². The Balaban J connectivity index is 2.94. The lowest BCUT2D eigenvalue weighted by molar-refractivity contribution is 0.359. The average molecular weight is 214 g/mol. The monoisotopic (exact) mass is 214 g/mol. The standard InChI is InChI=1S/C6H9B2O5P/c9-7-12-14(11,13-8-10)6-4-2-1-3-5-6/h1-5,7-10H. The highest BCUT2D eigenvalue weighted by atomic mass is 31.2. The first-order valence-corrected chi connectivity index (χ1v) is 5.43. The van der Waals surface area contributed by atoms with Crippen LogP contribution in [0.2, 0.25) is 0 Å². The summed E-state index contributed by atoms with van der Waals surface area (Å²) in [4.78, 5) is 0. The molecule has 8 heteroatoms. The van der Waals surface area contributed by atoms with Crippen LogP contribution >= 0.6 is 7.60 Å². The molecule has 0 heterocycles. The Kier molecular flexibility index (Phi) is 4.38. The molecular formula is C6H9B2O5P. The first kappa shape index (κ1) is 11.5. The Morgan fingerprint density at radius 2 is 1.57 bits per heavy atom. The summed E-state index contributed by atoms with van der Waals surface area (Å²) in [5.74, 6) is 0. The van der Waals surface area contributed by atoms with Crippen molar-refractivity contribution in [3.05, 3.63) is 30.3 Å². The van der Waals surface area contributed by atoms with Gasteiger partial charge in [-0.2, -0.15) is 0 Å². The molecule has 1 aromatic carbocycles. The topological polar surface area (TPSA) is 76.0 Å². The molecule has 0 fully saturated rings. The summed E-state index contributed by atoms with van der Waals surface area (Å²) in [5, 5.41) is 17.4. The van der Waals surface area contributed by atoms with E-state index in [0.29, 0.717) is 5.30 Å². The van der Waals surface area contributed by atoms with E-state index in [0.717, 1.165) is 0 Å². The minimum atomic E-state index is -3.57. The zero-order valence-electron chi connectivity index (χ0n) is 7.37. The molecular weight excluding hydrogens is 205 g/mol. The molecule has 1 rings (SSSR count). The minimum absolute atomic E-state index is 0.295. The molecule has 0 aliphatic carbocycles. The third-order valence-electron chi connectivity index (χ3n) is 1.53. The fourth-order valence-corrected chi connectivity index (χ4v) is 2.16. The van der Waals surface area contributed by atoms with E-state index >= 15 is 0 Å². The maximum atomic E-state index is 11.9. The summed E-state index contributed by atoms with van der Waals surface area (Å²) in [6.45, 7) is 0. The van der Waals surface area contributed by atoms with Crippen LogP contribution in [0.25, 0.3) is 0 Å². The Morgan fingerprint density at radius 1 is 1.07 bits per heavy atom.